The molecule has 27 heavy (non-hydrogen) atoms. The number of likely N-dealkylation sites (N-methyl/N-ethyl adjacent to an activating group) is 1. The van der Waals surface area contributed by atoms with Crippen LogP contribution in [0.1, 0.15) is 30.9 Å². The Bertz CT molecular complexity index is 855. The highest BCUT2D eigenvalue weighted by molar-refractivity contribution is 6.31. The molecule has 1 saturated heterocycles. The predicted octanol–water partition coefficient (Wildman–Crippen LogP) is 2.43. The molecule has 4 rings (SSSR count). The lowest BCUT2D eigenvalue weighted by molar-refractivity contribution is -0.124. The zero-order valence-electron chi connectivity index (χ0n) is 15.7. The first-order chi connectivity index (χ1) is 12.9. The van der Waals surface area contributed by atoms with Crippen molar-refractivity contribution < 1.29 is 9.90 Å². The average molecular weight is 389 g/mol. The van der Waals surface area contributed by atoms with Gasteiger partial charge in [-0.1, -0.05) is 11.6 Å². The molecule has 1 amide bonds. The second-order valence-corrected chi connectivity index (χ2v) is 8.24. The fourth-order valence-corrected chi connectivity index (χ4v) is 4.59. The Balaban J connectivity index is 1.47. The van der Waals surface area contributed by atoms with Gasteiger partial charge in [-0.2, -0.15) is 5.10 Å². The van der Waals surface area contributed by atoms with Gasteiger partial charge in [-0.05, 0) is 56.6 Å². The largest absolute Gasteiger partial charge is 0.391 e. The molecule has 1 spiro atoms. The minimum Gasteiger partial charge on any atom is -0.391 e. The summed E-state index contributed by atoms with van der Waals surface area (Å²) in [7, 11) is 1.85. The highest BCUT2D eigenvalue weighted by Crippen LogP contribution is 2.48. The molecule has 2 aliphatic heterocycles. The van der Waals surface area contributed by atoms with Crippen molar-refractivity contribution >= 4 is 23.2 Å². The maximum absolute atomic E-state index is 13.0. The Hall–Kier alpha value is -1.89. The molecule has 144 valence electrons. The molecule has 6 nitrogen and oxygen atoms in total. The number of aliphatic hydroxyl groups is 1. The molecule has 3 heterocycles. The Morgan fingerprint density at radius 2 is 2.07 bits per heavy atom. The minimum atomic E-state index is -0.442. The zero-order chi connectivity index (χ0) is 19.2. The first-order valence-corrected chi connectivity index (χ1v) is 9.77. The van der Waals surface area contributed by atoms with Crippen molar-refractivity contribution in [2.45, 2.75) is 44.4 Å². The summed E-state index contributed by atoms with van der Waals surface area (Å²) in [6.45, 7) is 4.77. The summed E-state index contributed by atoms with van der Waals surface area (Å²) in [5.41, 5.74) is 2.75. The molecule has 0 saturated carbocycles. The van der Waals surface area contributed by atoms with E-state index in [9.17, 15) is 9.90 Å². The van der Waals surface area contributed by atoms with E-state index >= 15 is 0 Å². The number of aliphatic hydroxyl groups excluding tert-OH is 1. The first-order valence-electron chi connectivity index (χ1n) is 9.39. The number of benzene rings is 1. The molecule has 2 aromatic rings. The summed E-state index contributed by atoms with van der Waals surface area (Å²) in [4.78, 5) is 17.2. The summed E-state index contributed by atoms with van der Waals surface area (Å²) < 4.78 is 1.78. The Morgan fingerprint density at radius 1 is 1.33 bits per heavy atom. The van der Waals surface area contributed by atoms with Gasteiger partial charge in [0.2, 0.25) is 5.91 Å². The number of halogens is 1. The van der Waals surface area contributed by atoms with Gasteiger partial charge in [-0.15, -0.1) is 0 Å². The van der Waals surface area contributed by atoms with Gasteiger partial charge in [0.15, 0.2) is 0 Å². The van der Waals surface area contributed by atoms with E-state index < -0.39 is 11.5 Å². The maximum Gasteiger partial charge on any atom is 0.237 e. The number of likely N-dealkylation sites (tertiary alicyclic amines) is 1. The van der Waals surface area contributed by atoms with Gasteiger partial charge in [-0.3, -0.25) is 14.4 Å². The van der Waals surface area contributed by atoms with Gasteiger partial charge >= 0.3 is 0 Å². The van der Waals surface area contributed by atoms with Crippen molar-refractivity contribution in [2.75, 3.05) is 25.0 Å². The van der Waals surface area contributed by atoms with Crippen LogP contribution < -0.4 is 4.90 Å². The normalized spacial score (nSPS) is 20.3. The van der Waals surface area contributed by atoms with E-state index in [1.807, 2.05) is 37.6 Å². The van der Waals surface area contributed by atoms with Gasteiger partial charge in [0.1, 0.15) is 0 Å². The van der Waals surface area contributed by atoms with E-state index in [1.165, 1.54) is 0 Å². The Labute approximate surface area is 164 Å². The first kappa shape index (κ1) is 18.5. The van der Waals surface area contributed by atoms with E-state index in [4.69, 9.17) is 11.6 Å². The summed E-state index contributed by atoms with van der Waals surface area (Å²) in [5.74, 6) is 0.184. The van der Waals surface area contributed by atoms with Crippen LogP contribution in [-0.4, -0.2) is 51.9 Å². The third-order valence-corrected chi connectivity index (χ3v) is 6.04. The third kappa shape index (κ3) is 3.26. The number of fused-ring (bicyclic) bond motifs is 2. The molecule has 0 bridgehead atoms. The molecule has 0 unspecified atom stereocenters. The molecule has 1 aromatic heterocycles. The van der Waals surface area contributed by atoms with Gasteiger partial charge in [0.05, 0.1) is 24.3 Å². The number of carbonyl (C=O) groups is 1. The van der Waals surface area contributed by atoms with Crippen molar-refractivity contribution in [1.29, 1.82) is 0 Å². The Morgan fingerprint density at radius 3 is 2.78 bits per heavy atom. The van der Waals surface area contributed by atoms with Crippen molar-refractivity contribution in [3.63, 3.8) is 0 Å². The molecule has 0 radical (unpaired) electrons. The average Bonchev–Trinajstić information content (AvgIpc) is 3.14. The predicted molar refractivity (Wildman–Crippen MR) is 105 cm³/mol. The summed E-state index contributed by atoms with van der Waals surface area (Å²) in [5, 5.41) is 14.5. The zero-order valence-corrected chi connectivity index (χ0v) is 16.5. The number of hydrogen-bond donors (Lipinski definition) is 1. The number of rotatable bonds is 4. The fourth-order valence-electron chi connectivity index (χ4n) is 4.42. The van der Waals surface area contributed by atoms with Crippen molar-refractivity contribution in [2.24, 2.45) is 0 Å². The van der Waals surface area contributed by atoms with Gasteiger partial charge in [0, 0.05) is 36.1 Å². The van der Waals surface area contributed by atoms with E-state index in [2.05, 4.69) is 10.00 Å². The summed E-state index contributed by atoms with van der Waals surface area (Å²) in [6, 6.07) is 5.77. The number of hydrogen-bond acceptors (Lipinski definition) is 4. The van der Waals surface area contributed by atoms with Crippen LogP contribution in [0, 0.1) is 0 Å². The molecular formula is C20H25ClN4O2. The van der Waals surface area contributed by atoms with E-state index in [1.54, 1.807) is 16.5 Å². The van der Waals surface area contributed by atoms with Crippen molar-refractivity contribution in [3.8, 4) is 0 Å². The molecule has 0 aliphatic carbocycles. The van der Waals surface area contributed by atoms with E-state index in [0.717, 1.165) is 49.3 Å². The standard InChI is InChI=1S/C20H25ClN4O2/c1-14(26)11-25-13-15(10-22-25)12-24-7-5-20(6-8-24)17-9-16(21)3-4-18(17)23(2)19(20)27/h3-4,9-10,13-14,26H,5-8,11-12H2,1-2H3/t14-/m0/s1. The second kappa shape index (κ2) is 6.93. The number of carbonyl (C=O) groups excluding carboxylic acids is 1. The quantitative estimate of drug-likeness (QED) is 0.873. The molecular weight excluding hydrogens is 364 g/mol. The highest BCUT2D eigenvalue weighted by Gasteiger charge is 2.50. The van der Waals surface area contributed by atoms with Crippen LogP contribution in [0.3, 0.4) is 0 Å². The minimum absolute atomic E-state index is 0.184. The fraction of sp³-hybridized carbons (Fsp3) is 0.500. The molecule has 1 atom stereocenters. The van der Waals surface area contributed by atoms with Crippen molar-refractivity contribution in [1.82, 2.24) is 14.7 Å². The molecule has 1 aromatic carbocycles. The molecule has 1 N–H and O–H groups in total. The highest BCUT2D eigenvalue weighted by atomic mass is 35.5. The van der Waals surface area contributed by atoms with Gasteiger partial charge in [-0.25, -0.2) is 0 Å². The van der Waals surface area contributed by atoms with E-state index in [-0.39, 0.29) is 5.91 Å². The Kier molecular flexibility index (Phi) is 4.74. The maximum atomic E-state index is 13.0. The molecule has 1 fully saturated rings. The summed E-state index contributed by atoms with van der Waals surface area (Å²) >= 11 is 6.23. The van der Waals surface area contributed by atoms with E-state index in [0.29, 0.717) is 11.6 Å². The SMILES string of the molecule is C[C@H](O)Cn1cc(CN2CCC3(CC2)C(=O)N(C)c2ccc(Cl)cc23)cn1. The number of piperidine rings is 1. The van der Waals surface area contributed by atoms with Crippen molar-refractivity contribution in [3.05, 3.63) is 46.7 Å². The van der Waals surface area contributed by atoms with Crippen LogP contribution in [-0.2, 0) is 23.3 Å². The number of amides is 1. The second-order valence-electron chi connectivity index (χ2n) is 7.80. The van der Waals surface area contributed by atoms with Crippen LogP contribution in [0.25, 0.3) is 0 Å². The van der Waals surface area contributed by atoms with Crippen LogP contribution in [0.15, 0.2) is 30.6 Å². The summed E-state index contributed by atoms with van der Waals surface area (Å²) in [6.07, 6.45) is 5.03. The number of nitrogens with zero attached hydrogens (tertiary/aromatic N) is 4. The smallest absolute Gasteiger partial charge is 0.237 e. The monoisotopic (exact) mass is 388 g/mol. The molecule has 7 heteroatoms. The number of aromatic nitrogens is 2. The van der Waals surface area contributed by atoms with Crippen LogP contribution in [0.4, 0.5) is 5.69 Å². The van der Waals surface area contributed by atoms with Crippen LogP contribution in [0.5, 0.6) is 0 Å². The van der Waals surface area contributed by atoms with Crippen LogP contribution >= 0.6 is 11.6 Å². The van der Waals surface area contributed by atoms with Gasteiger partial charge in [0.25, 0.3) is 0 Å². The topological polar surface area (TPSA) is 61.6 Å². The lowest BCUT2D eigenvalue weighted by Gasteiger charge is -2.38. The third-order valence-electron chi connectivity index (χ3n) is 5.80. The van der Waals surface area contributed by atoms with Crippen LogP contribution in [0.2, 0.25) is 5.02 Å². The lowest BCUT2D eigenvalue weighted by atomic mass is 9.73. The van der Waals surface area contributed by atoms with Gasteiger partial charge < -0.3 is 10.0 Å². The lowest BCUT2D eigenvalue weighted by Crippen LogP contribution is -2.47. The number of anilines is 1. The molecule has 2 aliphatic rings.